The lowest BCUT2D eigenvalue weighted by molar-refractivity contribution is 0.00578. The summed E-state index contributed by atoms with van der Waals surface area (Å²) in [5.74, 6) is 0. The molecule has 0 amide bonds. The predicted molar refractivity (Wildman–Crippen MR) is 170 cm³/mol. The molecule has 0 unspecified atom stereocenters. The second kappa shape index (κ2) is 11.3. The van der Waals surface area contributed by atoms with Crippen LogP contribution in [0.1, 0.15) is 27.7 Å². The van der Waals surface area contributed by atoms with Gasteiger partial charge >= 0.3 is 12.8 Å². The second-order valence-electron chi connectivity index (χ2n) is 14.3. The molecule has 0 N–H and O–H groups in total. The molecule has 1 aromatic carbocycles. The maximum absolute atomic E-state index is 13.6. The van der Waals surface area contributed by atoms with E-state index < -0.39 is 34.5 Å². The minimum absolute atomic E-state index is 0.139. The summed E-state index contributed by atoms with van der Waals surface area (Å²) in [4.78, 5) is 18.5. The highest BCUT2D eigenvalue weighted by Gasteiger charge is 2.52. The number of hydrogen-bond donors (Lipinski definition) is 0. The van der Waals surface area contributed by atoms with Crippen LogP contribution in [0.3, 0.4) is 0 Å². The molecule has 0 bridgehead atoms. The van der Waals surface area contributed by atoms with Crippen LogP contribution < -0.4 is 11.2 Å². The Morgan fingerprint density at radius 1 is 0.900 bits per heavy atom. The van der Waals surface area contributed by atoms with Crippen LogP contribution in [0.2, 0.25) is 56.4 Å². The standard InChI is InChI=1S/C28H45BClN3O5Si2/c1-27(2)28(3,4)38-29(37-27)21-11-12-22-20(24(21)30)17-23-25(31-22)33(19-36-14-16-40(8,9)10)26(34)32(23)18-35-13-15-39(5,6)7/h11-12,17H,13-16,18-19H2,1-10H3. The molecule has 0 aliphatic carbocycles. The monoisotopic (exact) mass is 605 g/mol. The van der Waals surface area contributed by atoms with E-state index in [1.807, 2.05) is 45.9 Å². The van der Waals surface area contributed by atoms with E-state index in [0.29, 0.717) is 34.9 Å². The minimum Gasteiger partial charge on any atom is -0.399 e. The molecule has 4 rings (SSSR count). The fourth-order valence-corrected chi connectivity index (χ4v) is 6.22. The smallest absolute Gasteiger partial charge is 0.399 e. The van der Waals surface area contributed by atoms with E-state index in [1.54, 1.807) is 9.13 Å². The zero-order valence-electron chi connectivity index (χ0n) is 25.8. The van der Waals surface area contributed by atoms with Crippen LogP contribution in [0.4, 0.5) is 0 Å². The maximum Gasteiger partial charge on any atom is 0.496 e. The Labute approximate surface area is 245 Å². The van der Waals surface area contributed by atoms with Gasteiger partial charge in [0.25, 0.3) is 0 Å². The van der Waals surface area contributed by atoms with Crippen LogP contribution >= 0.6 is 11.6 Å². The van der Waals surface area contributed by atoms with Gasteiger partial charge in [0.2, 0.25) is 0 Å². The van der Waals surface area contributed by atoms with Gasteiger partial charge in [-0.15, -0.1) is 0 Å². The lowest BCUT2D eigenvalue weighted by Crippen LogP contribution is -2.41. The normalized spacial score (nSPS) is 17.4. The first kappa shape index (κ1) is 31.5. The van der Waals surface area contributed by atoms with Crippen molar-refractivity contribution in [2.45, 2.75) is 104 Å². The molecule has 0 spiro atoms. The Bertz CT molecular complexity index is 1430. The van der Waals surface area contributed by atoms with Crippen molar-refractivity contribution in [1.29, 1.82) is 0 Å². The molecule has 1 aliphatic heterocycles. The number of ether oxygens (including phenoxy) is 2. The summed E-state index contributed by atoms with van der Waals surface area (Å²) in [6.45, 7) is 23.4. The van der Waals surface area contributed by atoms with Crippen molar-refractivity contribution < 1.29 is 18.8 Å². The van der Waals surface area contributed by atoms with Gasteiger partial charge in [-0.05, 0) is 51.9 Å². The van der Waals surface area contributed by atoms with Crippen molar-refractivity contribution in [3.63, 3.8) is 0 Å². The van der Waals surface area contributed by atoms with Gasteiger partial charge in [0.1, 0.15) is 13.5 Å². The van der Waals surface area contributed by atoms with Gasteiger partial charge < -0.3 is 18.8 Å². The Hall–Kier alpha value is -1.47. The molecule has 0 radical (unpaired) electrons. The zero-order valence-corrected chi connectivity index (χ0v) is 28.6. The number of rotatable bonds is 11. The van der Waals surface area contributed by atoms with E-state index in [0.717, 1.165) is 22.9 Å². The van der Waals surface area contributed by atoms with Gasteiger partial charge in [0.05, 0.1) is 22.2 Å². The lowest BCUT2D eigenvalue weighted by Gasteiger charge is -2.32. The molecule has 3 heterocycles. The molecule has 2 aromatic heterocycles. The van der Waals surface area contributed by atoms with Gasteiger partial charge in [0.15, 0.2) is 5.65 Å². The van der Waals surface area contributed by atoms with Crippen LogP contribution in [0.5, 0.6) is 0 Å². The quantitative estimate of drug-likeness (QED) is 0.199. The number of halogens is 1. The maximum atomic E-state index is 13.6. The van der Waals surface area contributed by atoms with Gasteiger partial charge in [-0.2, -0.15) is 0 Å². The topological polar surface area (TPSA) is 76.7 Å². The Kier molecular flexibility index (Phi) is 8.90. The molecule has 1 saturated heterocycles. The highest BCUT2D eigenvalue weighted by molar-refractivity contribution is 6.76. The lowest BCUT2D eigenvalue weighted by atomic mass is 9.78. The first-order chi connectivity index (χ1) is 18.4. The number of hydrogen-bond acceptors (Lipinski definition) is 6. The van der Waals surface area contributed by atoms with Crippen molar-refractivity contribution in [2.24, 2.45) is 0 Å². The van der Waals surface area contributed by atoms with Crippen molar-refractivity contribution in [2.75, 3.05) is 13.2 Å². The summed E-state index contributed by atoms with van der Waals surface area (Å²) in [5.41, 5.74) is 1.46. The molecule has 0 atom stereocenters. The van der Waals surface area contributed by atoms with Gasteiger partial charge in [-0.3, -0.25) is 9.13 Å². The highest BCUT2D eigenvalue weighted by Crippen LogP contribution is 2.37. The van der Waals surface area contributed by atoms with Crippen molar-refractivity contribution in [3.05, 3.63) is 33.7 Å². The molecule has 0 saturated carbocycles. The second-order valence-corrected chi connectivity index (χ2v) is 25.9. The van der Waals surface area contributed by atoms with Crippen LogP contribution in [-0.2, 0) is 32.2 Å². The van der Waals surface area contributed by atoms with Gasteiger partial charge in [0, 0.05) is 45.2 Å². The molecular weight excluding hydrogens is 561 g/mol. The number of aromatic nitrogens is 3. The SMILES string of the molecule is CC1(C)OB(c2ccc3nc4c(cc3c2Cl)n(COCC[Si](C)(C)C)c(=O)n4COCC[Si](C)(C)C)OC1(C)C. The Morgan fingerprint density at radius 3 is 1.95 bits per heavy atom. The molecule has 220 valence electrons. The Morgan fingerprint density at radius 2 is 1.43 bits per heavy atom. The third kappa shape index (κ3) is 6.77. The fourth-order valence-electron chi connectivity index (χ4n) is 4.41. The molecule has 8 nitrogen and oxygen atoms in total. The number of benzene rings is 1. The first-order valence-corrected chi connectivity index (χ1v) is 21.9. The number of fused-ring (bicyclic) bond motifs is 2. The summed E-state index contributed by atoms with van der Waals surface area (Å²) in [5, 5.41) is 1.23. The molecular formula is C28H45BClN3O5Si2. The van der Waals surface area contributed by atoms with Crippen molar-refractivity contribution in [1.82, 2.24) is 14.1 Å². The van der Waals surface area contributed by atoms with Crippen molar-refractivity contribution in [3.8, 4) is 0 Å². The Balaban J connectivity index is 1.73. The average Bonchev–Trinajstić information content (AvgIpc) is 3.19. The summed E-state index contributed by atoms with van der Waals surface area (Å²) in [7, 11) is -3.13. The summed E-state index contributed by atoms with van der Waals surface area (Å²) >= 11 is 6.99. The molecule has 1 fully saturated rings. The zero-order chi connectivity index (χ0) is 29.7. The van der Waals surface area contributed by atoms with Crippen LogP contribution in [0.15, 0.2) is 23.0 Å². The average molecular weight is 606 g/mol. The first-order valence-electron chi connectivity index (χ1n) is 14.1. The number of pyridine rings is 1. The summed E-state index contributed by atoms with van der Waals surface area (Å²) in [6.07, 6.45) is 0. The summed E-state index contributed by atoms with van der Waals surface area (Å²) < 4.78 is 27.8. The largest absolute Gasteiger partial charge is 0.496 e. The highest BCUT2D eigenvalue weighted by atomic mass is 35.5. The van der Waals surface area contributed by atoms with E-state index in [2.05, 4.69) is 39.3 Å². The van der Waals surface area contributed by atoms with Gasteiger partial charge in [-0.1, -0.05) is 56.9 Å². The summed E-state index contributed by atoms with van der Waals surface area (Å²) in [6, 6.07) is 7.77. The van der Waals surface area contributed by atoms with E-state index in [4.69, 9.17) is 35.4 Å². The van der Waals surface area contributed by atoms with Gasteiger partial charge in [-0.25, -0.2) is 9.78 Å². The molecule has 1 aliphatic rings. The third-order valence-electron chi connectivity index (χ3n) is 7.87. The molecule has 40 heavy (non-hydrogen) atoms. The molecule has 12 heteroatoms. The van der Waals surface area contributed by atoms with Crippen molar-refractivity contribution >= 4 is 62.4 Å². The van der Waals surface area contributed by atoms with Crippen LogP contribution in [0, 0.1) is 0 Å². The third-order valence-corrected chi connectivity index (χ3v) is 11.7. The number of imidazole rings is 1. The fraction of sp³-hybridized carbons (Fsp3) is 0.643. The van der Waals surface area contributed by atoms with Crippen LogP contribution in [0.25, 0.3) is 22.1 Å². The predicted octanol–water partition coefficient (Wildman–Crippen LogP) is 5.93. The minimum atomic E-state index is -1.27. The number of nitrogens with zero attached hydrogens (tertiary/aromatic N) is 3. The van der Waals surface area contributed by atoms with E-state index in [-0.39, 0.29) is 19.2 Å². The van der Waals surface area contributed by atoms with E-state index in [9.17, 15) is 4.79 Å². The van der Waals surface area contributed by atoms with E-state index >= 15 is 0 Å². The molecule has 3 aromatic rings. The van der Waals surface area contributed by atoms with E-state index in [1.165, 1.54) is 0 Å². The van der Waals surface area contributed by atoms with Crippen LogP contribution in [-0.4, -0.2) is 61.8 Å².